The molecule has 0 aliphatic carbocycles. The number of nitrogens with one attached hydrogen (secondary N) is 3. The molecule has 8 nitrogen and oxygen atoms in total. The molecule has 3 aromatic rings. The maximum atomic E-state index is 12.9. The monoisotopic (exact) mass is 500 g/mol. The zero-order valence-electron chi connectivity index (χ0n) is 20.9. The minimum absolute atomic E-state index is 0.155. The standard InChI is InChI=1S/C29H32N4O4/c1-2-37-28(35)23-13-9-14-24(19-23)30-27(34)22-12-8-15-25(18-22)31-29(36)32-26(20-33-16-6-7-17-33)21-10-4-3-5-11-21/h3-5,8-15,18-19,26H,2,6-7,16-17,20H2,1H3,(H,30,34)(H2,31,32,36). The molecule has 8 heteroatoms. The summed E-state index contributed by atoms with van der Waals surface area (Å²) >= 11 is 0. The van der Waals surface area contributed by atoms with Crippen LogP contribution in [0.15, 0.2) is 78.9 Å². The van der Waals surface area contributed by atoms with Crippen LogP contribution in [0.4, 0.5) is 16.2 Å². The number of benzene rings is 3. The fourth-order valence-electron chi connectivity index (χ4n) is 4.35. The number of hydrogen-bond donors (Lipinski definition) is 3. The van der Waals surface area contributed by atoms with Crippen LogP contribution < -0.4 is 16.0 Å². The van der Waals surface area contributed by atoms with E-state index in [2.05, 4.69) is 20.9 Å². The van der Waals surface area contributed by atoms with Gasteiger partial charge >= 0.3 is 12.0 Å². The fraction of sp³-hybridized carbons (Fsp3) is 0.276. The molecule has 3 N–H and O–H groups in total. The molecule has 0 aromatic heterocycles. The van der Waals surface area contributed by atoms with E-state index in [-0.39, 0.29) is 24.6 Å². The van der Waals surface area contributed by atoms with Gasteiger partial charge in [0.1, 0.15) is 0 Å². The summed E-state index contributed by atoms with van der Waals surface area (Å²) in [5, 5.41) is 8.73. The second kappa shape index (κ2) is 12.7. The molecular weight excluding hydrogens is 468 g/mol. The van der Waals surface area contributed by atoms with Gasteiger partial charge in [0.2, 0.25) is 0 Å². The molecule has 1 saturated heterocycles. The summed E-state index contributed by atoms with van der Waals surface area (Å²) in [6.45, 7) is 4.82. The van der Waals surface area contributed by atoms with E-state index in [1.165, 1.54) is 12.8 Å². The van der Waals surface area contributed by atoms with Gasteiger partial charge in [0.05, 0.1) is 18.2 Å². The Morgan fingerprint density at radius 3 is 2.19 bits per heavy atom. The maximum absolute atomic E-state index is 12.9. The molecule has 37 heavy (non-hydrogen) atoms. The predicted octanol–water partition coefficient (Wildman–Crippen LogP) is 5.07. The van der Waals surface area contributed by atoms with Crippen LogP contribution in [0.2, 0.25) is 0 Å². The van der Waals surface area contributed by atoms with Gasteiger partial charge in [0.15, 0.2) is 0 Å². The van der Waals surface area contributed by atoms with Crippen molar-refractivity contribution in [3.05, 3.63) is 95.6 Å². The maximum Gasteiger partial charge on any atom is 0.338 e. The highest BCUT2D eigenvalue weighted by Gasteiger charge is 2.21. The van der Waals surface area contributed by atoms with Crippen molar-refractivity contribution in [2.75, 3.05) is 36.9 Å². The molecule has 3 aromatic carbocycles. The van der Waals surface area contributed by atoms with E-state index in [4.69, 9.17) is 4.74 Å². The van der Waals surface area contributed by atoms with Gasteiger partial charge in [-0.05, 0) is 74.8 Å². The van der Waals surface area contributed by atoms with Crippen molar-refractivity contribution in [2.24, 2.45) is 0 Å². The van der Waals surface area contributed by atoms with Crippen molar-refractivity contribution in [3.8, 4) is 0 Å². The Bertz CT molecular complexity index is 1230. The summed E-state index contributed by atoms with van der Waals surface area (Å²) in [7, 11) is 0. The summed E-state index contributed by atoms with van der Waals surface area (Å²) in [6.07, 6.45) is 2.35. The SMILES string of the molecule is CCOC(=O)c1cccc(NC(=O)c2cccc(NC(=O)NC(CN3CCCC3)c3ccccc3)c2)c1. The number of anilines is 2. The topological polar surface area (TPSA) is 99.8 Å². The Labute approximate surface area is 217 Å². The van der Waals surface area contributed by atoms with Crippen molar-refractivity contribution < 1.29 is 19.1 Å². The number of ether oxygens (including phenoxy) is 1. The van der Waals surface area contributed by atoms with Gasteiger partial charge in [-0.15, -0.1) is 0 Å². The zero-order chi connectivity index (χ0) is 26.0. The predicted molar refractivity (Wildman–Crippen MR) is 144 cm³/mol. The highest BCUT2D eigenvalue weighted by molar-refractivity contribution is 6.05. The van der Waals surface area contributed by atoms with E-state index in [1.807, 2.05) is 30.3 Å². The van der Waals surface area contributed by atoms with E-state index in [0.717, 1.165) is 25.2 Å². The van der Waals surface area contributed by atoms with Crippen molar-refractivity contribution in [1.82, 2.24) is 10.2 Å². The van der Waals surface area contributed by atoms with E-state index in [0.29, 0.717) is 22.5 Å². The molecule has 0 spiro atoms. The van der Waals surface area contributed by atoms with E-state index >= 15 is 0 Å². The number of nitrogens with zero attached hydrogens (tertiary/aromatic N) is 1. The summed E-state index contributed by atoms with van der Waals surface area (Å²) < 4.78 is 5.02. The molecule has 1 unspecified atom stereocenters. The number of carbonyl (C=O) groups excluding carboxylic acids is 3. The number of rotatable bonds is 9. The number of hydrogen-bond acceptors (Lipinski definition) is 5. The molecule has 0 radical (unpaired) electrons. The molecule has 1 heterocycles. The van der Waals surface area contributed by atoms with Gasteiger partial charge in [0, 0.05) is 23.5 Å². The molecule has 1 fully saturated rings. The minimum atomic E-state index is -0.450. The second-order valence-corrected chi connectivity index (χ2v) is 8.91. The second-order valence-electron chi connectivity index (χ2n) is 8.91. The van der Waals surface area contributed by atoms with Crippen molar-refractivity contribution in [2.45, 2.75) is 25.8 Å². The van der Waals surface area contributed by atoms with Crippen molar-refractivity contribution >= 4 is 29.3 Å². The van der Waals surface area contributed by atoms with Crippen LogP contribution in [-0.4, -0.2) is 49.0 Å². The first-order valence-corrected chi connectivity index (χ1v) is 12.5. The van der Waals surface area contributed by atoms with Gasteiger partial charge in [-0.1, -0.05) is 42.5 Å². The quantitative estimate of drug-likeness (QED) is 0.356. The molecule has 0 bridgehead atoms. The Balaban J connectivity index is 1.40. The van der Waals surface area contributed by atoms with Gasteiger partial charge in [-0.25, -0.2) is 9.59 Å². The average molecular weight is 501 g/mol. The van der Waals surface area contributed by atoms with Crippen LogP contribution in [0.3, 0.4) is 0 Å². The first kappa shape index (κ1) is 25.9. The van der Waals surface area contributed by atoms with Crippen molar-refractivity contribution in [3.63, 3.8) is 0 Å². The Morgan fingerprint density at radius 2 is 1.49 bits per heavy atom. The number of likely N-dealkylation sites (tertiary alicyclic amines) is 1. The van der Waals surface area contributed by atoms with Crippen LogP contribution in [0.1, 0.15) is 52.1 Å². The van der Waals surface area contributed by atoms with Gasteiger partial charge in [0.25, 0.3) is 5.91 Å². The van der Waals surface area contributed by atoms with Gasteiger partial charge in [-0.3, -0.25) is 4.79 Å². The molecule has 0 saturated carbocycles. The van der Waals surface area contributed by atoms with E-state index in [9.17, 15) is 14.4 Å². The lowest BCUT2D eigenvalue weighted by molar-refractivity contribution is 0.0526. The fourth-order valence-corrected chi connectivity index (χ4v) is 4.35. The Kier molecular flexibility index (Phi) is 8.89. The molecule has 1 aliphatic heterocycles. The number of carbonyl (C=O) groups is 3. The number of urea groups is 1. The molecular formula is C29H32N4O4. The number of esters is 1. The molecule has 1 aliphatic rings. The van der Waals surface area contributed by atoms with Crippen LogP contribution in [0.25, 0.3) is 0 Å². The molecule has 192 valence electrons. The molecule has 3 amide bonds. The summed E-state index contributed by atoms with van der Waals surface area (Å²) in [4.78, 5) is 40.1. The third kappa shape index (κ3) is 7.41. The first-order valence-electron chi connectivity index (χ1n) is 12.5. The Hall–Kier alpha value is -4.17. The summed E-state index contributed by atoms with van der Waals surface area (Å²) in [5.41, 5.74) is 2.74. The Morgan fingerprint density at radius 1 is 0.838 bits per heavy atom. The smallest absolute Gasteiger partial charge is 0.338 e. The molecule has 1 atom stereocenters. The third-order valence-electron chi connectivity index (χ3n) is 6.16. The minimum Gasteiger partial charge on any atom is -0.462 e. The summed E-state index contributed by atoms with van der Waals surface area (Å²) in [6, 6.07) is 22.7. The van der Waals surface area contributed by atoms with Crippen LogP contribution in [0.5, 0.6) is 0 Å². The average Bonchev–Trinajstić information content (AvgIpc) is 3.42. The first-order chi connectivity index (χ1) is 18.0. The highest BCUT2D eigenvalue weighted by atomic mass is 16.5. The number of amides is 3. The lowest BCUT2D eigenvalue weighted by Crippen LogP contribution is -2.39. The van der Waals surface area contributed by atoms with E-state index in [1.54, 1.807) is 55.5 Å². The lowest BCUT2D eigenvalue weighted by atomic mass is 10.1. The largest absolute Gasteiger partial charge is 0.462 e. The molecule has 4 rings (SSSR count). The lowest BCUT2D eigenvalue weighted by Gasteiger charge is -2.25. The zero-order valence-corrected chi connectivity index (χ0v) is 20.9. The van der Waals surface area contributed by atoms with Crippen LogP contribution >= 0.6 is 0 Å². The summed E-state index contributed by atoms with van der Waals surface area (Å²) in [5.74, 6) is -0.810. The highest BCUT2D eigenvalue weighted by Crippen LogP contribution is 2.19. The van der Waals surface area contributed by atoms with Crippen LogP contribution in [0, 0.1) is 0 Å². The van der Waals surface area contributed by atoms with Gasteiger partial charge < -0.3 is 25.6 Å². The van der Waals surface area contributed by atoms with Gasteiger partial charge in [-0.2, -0.15) is 0 Å². The van der Waals surface area contributed by atoms with Crippen LogP contribution in [-0.2, 0) is 4.74 Å². The van der Waals surface area contributed by atoms with Crippen molar-refractivity contribution in [1.29, 1.82) is 0 Å². The normalized spacial score (nSPS) is 14.0. The van der Waals surface area contributed by atoms with E-state index < -0.39 is 5.97 Å². The third-order valence-corrected chi connectivity index (χ3v) is 6.16.